The molecule has 3 saturated heterocycles. The molecule has 4 aliphatic rings. The van der Waals surface area contributed by atoms with Crippen LogP contribution in [0.15, 0.2) is 0 Å². The van der Waals surface area contributed by atoms with Gasteiger partial charge in [0, 0.05) is 25.7 Å². The number of nitrogens with two attached hydrogens (primary N) is 1. The van der Waals surface area contributed by atoms with E-state index in [1.165, 1.54) is 32.1 Å². The van der Waals surface area contributed by atoms with Gasteiger partial charge in [-0.1, -0.05) is 32.1 Å². The molecule has 8 heteroatoms. The molecule has 3 aliphatic heterocycles. The van der Waals surface area contributed by atoms with Crippen LogP contribution in [0.3, 0.4) is 0 Å². The molecule has 0 spiro atoms. The summed E-state index contributed by atoms with van der Waals surface area (Å²) in [5.74, 6) is 0.904. The van der Waals surface area contributed by atoms with Crippen LogP contribution >= 0.6 is 0 Å². The highest BCUT2D eigenvalue weighted by Crippen LogP contribution is 2.35. The van der Waals surface area contributed by atoms with Gasteiger partial charge in [0.1, 0.15) is 0 Å². The van der Waals surface area contributed by atoms with Crippen molar-refractivity contribution in [1.82, 2.24) is 26.4 Å². The zero-order valence-electron chi connectivity index (χ0n) is 16.0. The summed E-state index contributed by atoms with van der Waals surface area (Å²) in [6.45, 7) is 3.10. The fourth-order valence-electron chi connectivity index (χ4n) is 5.55. The van der Waals surface area contributed by atoms with Crippen LogP contribution in [0.1, 0.15) is 38.5 Å². The summed E-state index contributed by atoms with van der Waals surface area (Å²) < 4.78 is 0. The highest BCUT2D eigenvalue weighted by molar-refractivity contribution is 5.80. The zero-order valence-corrected chi connectivity index (χ0v) is 16.0. The molecule has 1 amide bonds. The third-order valence-corrected chi connectivity index (χ3v) is 6.97. The van der Waals surface area contributed by atoms with E-state index >= 15 is 0 Å². The quantitative estimate of drug-likeness (QED) is 0.449. The van der Waals surface area contributed by atoms with Crippen LogP contribution in [0.5, 0.6) is 0 Å². The number of carbonyl (C=O) groups excluding carboxylic acids is 1. The predicted octanol–water partition coefficient (Wildman–Crippen LogP) is -0.549. The number of nitrogens with zero attached hydrogens (tertiary/aromatic N) is 2. The molecule has 1 aliphatic carbocycles. The summed E-state index contributed by atoms with van der Waals surface area (Å²) in [6, 6.07) is 2.48. The highest BCUT2D eigenvalue weighted by Gasteiger charge is 2.47. The summed E-state index contributed by atoms with van der Waals surface area (Å²) in [4.78, 5) is 13.2. The number of nitriles is 1. The van der Waals surface area contributed by atoms with Gasteiger partial charge in [-0.15, -0.1) is 0 Å². The molecule has 3 heterocycles. The number of hydrogen-bond donors (Lipinski definition) is 5. The molecule has 1 saturated carbocycles. The van der Waals surface area contributed by atoms with E-state index in [9.17, 15) is 4.79 Å². The van der Waals surface area contributed by atoms with Crippen LogP contribution in [0.2, 0.25) is 0 Å². The van der Waals surface area contributed by atoms with E-state index in [2.05, 4.69) is 27.4 Å². The molecule has 150 valence electrons. The summed E-state index contributed by atoms with van der Waals surface area (Å²) in [7, 11) is 0. The lowest BCUT2D eigenvalue weighted by atomic mass is 9.74. The topological polar surface area (TPSA) is 118 Å². The lowest BCUT2D eigenvalue weighted by Gasteiger charge is -2.40. The standard InChI is InChI=1S/C19H33N7O/c20-8-12-9-23-18-16(17(21)25-26(18)11-12)19(27)24-15-10-22-7-6-14(15)13-4-2-1-3-5-13/h12-18,22-23,25H,1-7,9-11,21H2,(H,24,27). The molecular weight excluding hydrogens is 342 g/mol. The van der Waals surface area contributed by atoms with Crippen molar-refractivity contribution in [2.24, 2.45) is 29.4 Å². The first-order valence-corrected chi connectivity index (χ1v) is 10.6. The Morgan fingerprint density at radius 2 is 2.00 bits per heavy atom. The van der Waals surface area contributed by atoms with E-state index in [4.69, 9.17) is 11.0 Å². The molecule has 4 fully saturated rings. The second-order valence-electron chi connectivity index (χ2n) is 8.68. The molecule has 6 atom stereocenters. The normalized spacial score (nSPS) is 40.9. The molecule has 6 N–H and O–H groups in total. The number of amides is 1. The summed E-state index contributed by atoms with van der Waals surface area (Å²) in [5.41, 5.74) is 9.44. The second kappa shape index (κ2) is 8.41. The monoisotopic (exact) mass is 375 g/mol. The molecule has 0 bridgehead atoms. The lowest BCUT2D eigenvalue weighted by Crippen LogP contribution is -2.60. The predicted molar refractivity (Wildman–Crippen MR) is 102 cm³/mol. The van der Waals surface area contributed by atoms with Gasteiger partial charge in [-0.05, 0) is 24.8 Å². The maximum Gasteiger partial charge on any atom is 0.229 e. The van der Waals surface area contributed by atoms with Crippen LogP contribution in [-0.2, 0) is 4.79 Å². The first-order valence-electron chi connectivity index (χ1n) is 10.6. The Bertz CT molecular complexity index is 573. The number of hydrazine groups is 1. The van der Waals surface area contributed by atoms with Gasteiger partial charge in [0.15, 0.2) is 0 Å². The SMILES string of the molecule is N#CC1CNC2C(C(=O)NC3CNCCC3C3CCCCC3)C(N)NN2C1. The maximum atomic E-state index is 13.2. The lowest BCUT2D eigenvalue weighted by molar-refractivity contribution is -0.128. The van der Waals surface area contributed by atoms with Crippen molar-refractivity contribution >= 4 is 5.91 Å². The van der Waals surface area contributed by atoms with Crippen molar-refractivity contribution in [3.63, 3.8) is 0 Å². The van der Waals surface area contributed by atoms with E-state index < -0.39 is 6.17 Å². The summed E-state index contributed by atoms with van der Waals surface area (Å²) in [6.07, 6.45) is 7.18. The zero-order chi connectivity index (χ0) is 18.8. The number of piperidine rings is 1. The van der Waals surface area contributed by atoms with Gasteiger partial charge in [-0.3, -0.25) is 10.1 Å². The first kappa shape index (κ1) is 19.1. The van der Waals surface area contributed by atoms with Gasteiger partial charge in [0.2, 0.25) is 5.91 Å². The molecule has 6 unspecified atom stereocenters. The average molecular weight is 376 g/mol. The van der Waals surface area contributed by atoms with E-state index in [0.717, 1.165) is 25.4 Å². The smallest absolute Gasteiger partial charge is 0.229 e. The number of nitrogens with one attached hydrogen (secondary N) is 4. The molecule has 0 radical (unpaired) electrons. The molecule has 0 aromatic heterocycles. The van der Waals surface area contributed by atoms with Crippen molar-refractivity contribution in [3.05, 3.63) is 0 Å². The Hall–Kier alpha value is -1.24. The number of rotatable bonds is 3. The van der Waals surface area contributed by atoms with Gasteiger partial charge in [-0.2, -0.15) is 5.26 Å². The minimum Gasteiger partial charge on any atom is -0.351 e. The fraction of sp³-hybridized carbons (Fsp3) is 0.895. The van der Waals surface area contributed by atoms with Gasteiger partial charge >= 0.3 is 0 Å². The largest absolute Gasteiger partial charge is 0.351 e. The Morgan fingerprint density at radius 1 is 1.19 bits per heavy atom. The number of hydrogen-bond acceptors (Lipinski definition) is 7. The van der Waals surface area contributed by atoms with Crippen LogP contribution in [0.25, 0.3) is 0 Å². The van der Waals surface area contributed by atoms with E-state index in [1.807, 2.05) is 5.01 Å². The van der Waals surface area contributed by atoms with Crippen LogP contribution in [0.4, 0.5) is 0 Å². The van der Waals surface area contributed by atoms with Gasteiger partial charge in [0.05, 0.1) is 30.2 Å². The third kappa shape index (κ3) is 3.98. The minimum atomic E-state index is -0.426. The van der Waals surface area contributed by atoms with E-state index in [1.54, 1.807) is 0 Å². The van der Waals surface area contributed by atoms with E-state index in [-0.39, 0.29) is 30.0 Å². The average Bonchev–Trinajstić information content (AvgIpc) is 3.03. The van der Waals surface area contributed by atoms with Gasteiger partial charge in [-0.25, -0.2) is 10.4 Å². The molecule has 0 aromatic carbocycles. The molecular formula is C19H33N7O. The van der Waals surface area contributed by atoms with Crippen LogP contribution in [-0.4, -0.2) is 55.5 Å². The van der Waals surface area contributed by atoms with Crippen LogP contribution in [0, 0.1) is 35.0 Å². The highest BCUT2D eigenvalue weighted by atomic mass is 16.2. The number of carbonyl (C=O) groups is 1. The molecule has 27 heavy (non-hydrogen) atoms. The van der Waals surface area contributed by atoms with Gasteiger partial charge < -0.3 is 16.4 Å². The summed E-state index contributed by atoms with van der Waals surface area (Å²) in [5, 5.41) is 21.2. The third-order valence-electron chi connectivity index (χ3n) is 6.97. The molecule has 4 rings (SSSR count). The minimum absolute atomic E-state index is 0.0277. The molecule has 8 nitrogen and oxygen atoms in total. The maximum absolute atomic E-state index is 13.2. The van der Waals surface area contributed by atoms with Crippen LogP contribution < -0.4 is 27.1 Å². The van der Waals surface area contributed by atoms with Crippen molar-refractivity contribution in [2.75, 3.05) is 26.2 Å². The van der Waals surface area contributed by atoms with E-state index in [0.29, 0.717) is 19.0 Å². The second-order valence-corrected chi connectivity index (χ2v) is 8.68. The Labute approximate surface area is 161 Å². The van der Waals surface area contributed by atoms with Gasteiger partial charge in [0.25, 0.3) is 0 Å². The fourth-order valence-corrected chi connectivity index (χ4v) is 5.55. The van der Waals surface area contributed by atoms with Crippen molar-refractivity contribution in [3.8, 4) is 6.07 Å². The van der Waals surface area contributed by atoms with Crippen molar-refractivity contribution < 1.29 is 4.79 Å². The summed E-state index contributed by atoms with van der Waals surface area (Å²) >= 11 is 0. The first-order chi connectivity index (χ1) is 13.2. The number of fused-ring (bicyclic) bond motifs is 1. The van der Waals surface area contributed by atoms with Crippen molar-refractivity contribution in [1.29, 1.82) is 5.26 Å². The Kier molecular flexibility index (Phi) is 5.95. The van der Waals surface area contributed by atoms with Crippen molar-refractivity contribution in [2.45, 2.75) is 56.9 Å². The Balaban J connectivity index is 1.40. The molecule has 0 aromatic rings. The Morgan fingerprint density at radius 3 is 2.78 bits per heavy atom.